The zero-order valence-electron chi connectivity index (χ0n) is 24.7. The van der Waals surface area contributed by atoms with Crippen molar-refractivity contribution in [1.82, 2.24) is 15.1 Å². The van der Waals surface area contributed by atoms with Crippen LogP contribution < -0.4 is 10.1 Å². The molecule has 0 radical (unpaired) electrons. The predicted octanol–water partition coefficient (Wildman–Crippen LogP) is 5.56. The Morgan fingerprint density at radius 1 is 1.02 bits per heavy atom. The van der Waals surface area contributed by atoms with Gasteiger partial charge in [-0.05, 0) is 103 Å². The van der Waals surface area contributed by atoms with Gasteiger partial charge in [-0.1, -0.05) is 23.2 Å². The molecule has 7 rings (SSSR count). The molecule has 4 bridgehead atoms. The van der Waals surface area contributed by atoms with Gasteiger partial charge in [0.25, 0.3) is 0 Å². The van der Waals surface area contributed by atoms with Crippen molar-refractivity contribution in [1.29, 1.82) is 0 Å². The number of hydrogen-bond acceptors (Lipinski definition) is 5. The summed E-state index contributed by atoms with van der Waals surface area (Å²) in [5.74, 6) is 5.79. The van der Waals surface area contributed by atoms with Crippen molar-refractivity contribution in [3.8, 4) is 18.1 Å². The van der Waals surface area contributed by atoms with E-state index in [2.05, 4.69) is 26.2 Å². The molecule has 4 aliphatic carbocycles. The smallest absolute Gasteiger partial charge is 0.242 e. The molecule has 5 aliphatic rings. The molecule has 9 heteroatoms. The Morgan fingerprint density at radius 2 is 1.70 bits per heavy atom. The highest BCUT2D eigenvalue weighted by Crippen LogP contribution is 2.61. The van der Waals surface area contributed by atoms with Gasteiger partial charge in [-0.3, -0.25) is 14.5 Å². The Kier molecular flexibility index (Phi) is 8.60. The number of rotatable bonds is 10. The van der Waals surface area contributed by atoms with Crippen molar-refractivity contribution in [3.05, 3.63) is 69.6 Å². The number of azide groups is 1. The Morgan fingerprint density at radius 3 is 2.33 bits per heavy atom. The average Bonchev–Trinajstić information content (AvgIpc) is 2.99. The Balaban J connectivity index is 0.986. The molecule has 224 valence electrons. The molecule has 0 unspecified atom stereocenters. The molecule has 9 nitrogen and oxygen atoms in total. The first-order valence-electron chi connectivity index (χ1n) is 15.5. The summed E-state index contributed by atoms with van der Waals surface area (Å²) in [5.41, 5.74) is 12.4. The fraction of sp³-hybridized carbons (Fsp3) is 0.529. The van der Waals surface area contributed by atoms with E-state index in [4.69, 9.17) is 16.7 Å². The third-order valence-electron chi connectivity index (χ3n) is 9.98. The van der Waals surface area contributed by atoms with E-state index in [1.807, 2.05) is 41.3 Å². The van der Waals surface area contributed by atoms with Gasteiger partial charge in [0.15, 0.2) is 0 Å². The molecule has 2 aromatic rings. The van der Waals surface area contributed by atoms with Crippen LogP contribution in [-0.2, 0) is 22.7 Å². The quantitative estimate of drug-likeness (QED) is 0.172. The predicted molar refractivity (Wildman–Crippen MR) is 164 cm³/mol. The molecule has 1 N–H and O–H groups in total. The van der Waals surface area contributed by atoms with Gasteiger partial charge < -0.3 is 15.0 Å². The van der Waals surface area contributed by atoms with E-state index in [0.29, 0.717) is 51.4 Å². The second-order valence-corrected chi connectivity index (χ2v) is 13.1. The van der Waals surface area contributed by atoms with E-state index < -0.39 is 0 Å². The number of piperazine rings is 1. The van der Waals surface area contributed by atoms with Crippen LogP contribution in [-0.4, -0.2) is 54.3 Å². The fourth-order valence-corrected chi connectivity index (χ4v) is 8.39. The lowest BCUT2D eigenvalue weighted by Crippen LogP contribution is -2.51. The molecule has 0 aromatic heterocycles. The normalized spacial score (nSPS) is 25.9. The van der Waals surface area contributed by atoms with E-state index in [9.17, 15) is 9.59 Å². The van der Waals surface area contributed by atoms with Crippen LogP contribution in [0, 0.1) is 35.5 Å². The van der Waals surface area contributed by atoms with Crippen LogP contribution in [0.5, 0.6) is 5.75 Å². The highest BCUT2D eigenvalue weighted by Gasteiger charge is 2.51. The number of benzene rings is 2. The number of nitrogens with zero attached hydrogens (tertiary/aromatic N) is 5. The molecule has 2 amide bonds. The lowest BCUT2D eigenvalue weighted by molar-refractivity contribution is -0.136. The van der Waals surface area contributed by atoms with Crippen LogP contribution in [0.25, 0.3) is 10.4 Å². The van der Waals surface area contributed by atoms with Crippen LogP contribution in [0.1, 0.15) is 61.6 Å². The molecule has 2 aromatic carbocycles. The Bertz CT molecular complexity index is 1400. The number of carbonyl (C=O) groups is 2. The standard InChI is InChI=1S/C34H40N6O3/c1-2-24-3-5-25(6-4-24)23-43-31-8-7-30(37-38-35)16-29(31)22-39-9-11-40(12-10-39)33(42)21-36-32(41)20-34-17-26-13-27(18-34)15-28(14-26)19-34/h1,3-8,16,26-28H,9-15,17-23H2,(H,36,41). The van der Waals surface area contributed by atoms with E-state index in [0.717, 1.165) is 40.2 Å². The summed E-state index contributed by atoms with van der Waals surface area (Å²) in [5, 5.41) is 6.72. The van der Waals surface area contributed by atoms with E-state index in [1.165, 1.54) is 38.5 Å². The largest absolute Gasteiger partial charge is 0.489 e. The molecule has 1 aliphatic heterocycles. The molecular formula is C34H40N6O3. The average molecular weight is 581 g/mol. The summed E-state index contributed by atoms with van der Waals surface area (Å²) in [4.78, 5) is 32.9. The van der Waals surface area contributed by atoms with Gasteiger partial charge in [0.1, 0.15) is 12.4 Å². The minimum atomic E-state index is -0.0243. The van der Waals surface area contributed by atoms with Crippen LogP contribution >= 0.6 is 0 Å². The Hall–Kier alpha value is -3.99. The summed E-state index contributed by atoms with van der Waals surface area (Å²) in [6, 6.07) is 13.1. The molecule has 4 saturated carbocycles. The maximum Gasteiger partial charge on any atom is 0.242 e. The van der Waals surface area contributed by atoms with Crippen LogP contribution in [0.2, 0.25) is 0 Å². The number of terminal acetylenes is 1. The lowest BCUT2D eigenvalue weighted by Gasteiger charge is -2.56. The van der Waals surface area contributed by atoms with E-state index >= 15 is 0 Å². The van der Waals surface area contributed by atoms with Crippen LogP contribution in [0.3, 0.4) is 0 Å². The van der Waals surface area contributed by atoms with Gasteiger partial charge in [0.05, 0.1) is 6.54 Å². The molecular weight excluding hydrogens is 540 g/mol. The van der Waals surface area contributed by atoms with Crippen molar-refractivity contribution in [2.24, 2.45) is 28.3 Å². The molecule has 5 fully saturated rings. The number of nitrogens with one attached hydrogen (secondary N) is 1. The third kappa shape index (κ3) is 6.98. The highest BCUT2D eigenvalue weighted by atomic mass is 16.5. The first kappa shape index (κ1) is 29.1. The maximum absolute atomic E-state index is 13.0. The SMILES string of the molecule is C#Cc1ccc(COc2ccc(N=[N+]=[N-])cc2CN2CCN(C(=O)CNC(=O)CC34CC5CC(CC(C5)C3)C4)CC2)cc1. The van der Waals surface area contributed by atoms with Crippen molar-refractivity contribution in [2.75, 3.05) is 32.7 Å². The summed E-state index contributed by atoms with van der Waals surface area (Å²) < 4.78 is 6.15. The van der Waals surface area contributed by atoms with Gasteiger partial charge in [0.2, 0.25) is 11.8 Å². The fourth-order valence-electron chi connectivity index (χ4n) is 8.39. The van der Waals surface area contributed by atoms with Crippen LogP contribution in [0.15, 0.2) is 47.6 Å². The molecule has 1 heterocycles. The molecule has 0 atom stereocenters. The Labute approximate surface area is 253 Å². The van der Waals surface area contributed by atoms with E-state index in [-0.39, 0.29) is 23.8 Å². The van der Waals surface area contributed by atoms with Crippen molar-refractivity contribution >= 4 is 17.5 Å². The lowest BCUT2D eigenvalue weighted by atomic mass is 9.49. The molecule has 1 saturated heterocycles. The molecule has 43 heavy (non-hydrogen) atoms. The minimum Gasteiger partial charge on any atom is -0.489 e. The summed E-state index contributed by atoms with van der Waals surface area (Å²) in [6.45, 7) is 3.64. The zero-order valence-corrected chi connectivity index (χ0v) is 24.7. The van der Waals surface area contributed by atoms with Crippen molar-refractivity contribution in [2.45, 2.75) is 58.1 Å². The maximum atomic E-state index is 13.0. The first-order chi connectivity index (χ1) is 20.9. The van der Waals surface area contributed by atoms with Crippen molar-refractivity contribution in [3.63, 3.8) is 0 Å². The van der Waals surface area contributed by atoms with Gasteiger partial charge >= 0.3 is 0 Å². The minimum absolute atomic E-state index is 0.0243. The monoisotopic (exact) mass is 580 g/mol. The summed E-state index contributed by atoms with van der Waals surface area (Å²) >= 11 is 0. The van der Waals surface area contributed by atoms with Gasteiger partial charge in [-0.25, -0.2) is 0 Å². The zero-order chi connectivity index (χ0) is 29.8. The third-order valence-corrected chi connectivity index (χ3v) is 9.98. The summed E-state index contributed by atoms with van der Waals surface area (Å²) in [6.07, 6.45) is 13.7. The topological polar surface area (TPSA) is 111 Å². The van der Waals surface area contributed by atoms with E-state index in [1.54, 1.807) is 6.07 Å². The number of carbonyl (C=O) groups excluding carboxylic acids is 2. The molecule has 0 spiro atoms. The number of hydrogen-bond donors (Lipinski definition) is 1. The van der Waals surface area contributed by atoms with Gasteiger partial charge in [0, 0.05) is 60.9 Å². The second-order valence-electron chi connectivity index (χ2n) is 13.1. The van der Waals surface area contributed by atoms with Gasteiger partial charge in [-0.15, -0.1) is 6.42 Å². The number of amides is 2. The van der Waals surface area contributed by atoms with Crippen molar-refractivity contribution < 1.29 is 14.3 Å². The van der Waals surface area contributed by atoms with Gasteiger partial charge in [-0.2, -0.15) is 0 Å². The first-order valence-corrected chi connectivity index (χ1v) is 15.5. The summed E-state index contributed by atoms with van der Waals surface area (Å²) in [7, 11) is 0. The highest BCUT2D eigenvalue weighted by molar-refractivity contribution is 5.85. The van der Waals surface area contributed by atoms with Crippen LogP contribution in [0.4, 0.5) is 5.69 Å². The number of ether oxygens (including phenoxy) is 1. The second kappa shape index (κ2) is 12.7.